The van der Waals surface area contributed by atoms with E-state index in [9.17, 15) is 0 Å². The number of nitrogens with zero attached hydrogens (tertiary/aromatic N) is 1. The van der Waals surface area contributed by atoms with Crippen LogP contribution in [0.1, 0.15) is 102 Å². The van der Waals surface area contributed by atoms with Gasteiger partial charge < -0.3 is 4.42 Å². The molecule has 0 radical (unpaired) electrons. The maximum atomic E-state index is 6.96. The van der Waals surface area contributed by atoms with Gasteiger partial charge in [0.25, 0.3) is 0 Å². The molecule has 5 aromatic rings. The number of benzene rings is 3. The minimum absolute atomic E-state index is 0.0649. The highest BCUT2D eigenvalue weighted by Crippen LogP contribution is 2.59. The zero-order valence-electron chi connectivity index (χ0n) is 27.6. The molecule has 2 heteroatoms. The van der Waals surface area contributed by atoms with Crippen molar-refractivity contribution in [2.75, 3.05) is 0 Å². The van der Waals surface area contributed by atoms with E-state index in [0.29, 0.717) is 5.92 Å². The molecule has 1 aliphatic carbocycles. The van der Waals surface area contributed by atoms with Crippen LogP contribution in [0.4, 0.5) is 0 Å². The third kappa shape index (κ3) is 4.59. The normalized spacial score (nSPS) is 14.7. The first-order chi connectivity index (χ1) is 19.6. The first kappa shape index (κ1) is 28.7. The Balaban J connectivity index is 1.66. The van der Waals surface area contributed by atoms with Crippen molar-refractivity contribution in [2.45, 2.75) is 93.4 Å². The Labute approximate surface area is 252 Å². The first-order valence-corrected chi connectivity index (χ1v) is 15.7. The summed E-state index contributed by atoms with van der Waals surface area (Å²) >= 11 is 0. The summed E-state index contributed by atoms with van der Waals surface area (Å²) in [4.78, 5) is 0. The highest BCUT2D eigenvalue weighted by molar-refractivity contribution is 6.11. The Morgan fingerprint density at radius 3 is 2.07 bits per heavy atom. The van der Waals surface area contributed by atoms with Gasteiger partial charge in [0.2, 0.25) is 5.69 Å². The molecular weight excluding hydrogens is 510 g/mol. The molecule has 0 bridgehead atoms. The summed E-state index contributed by atoms with van der Waals surface area (Å²) in [6.07, 6.45) is 4.48. The number of aryl methyl sites for hydroxylation is 3. The van der Waals surface area contributed by atoms with E-state index < -0.39 is 0 Å². The van der Waals surface area contributed by atoms with Gasteiger partial charge in [-0.15, -0.1) is 0 Å². The summed E-state index contributed by atoms with van der Waals surface area (Å²) in [5.41, 5.74) is 14.3. The Hall–Kier alpha value is -3.39. The molecule has 0 saturated carbocycles. The first-order valence-electron chi connectivity index (χ1n) is 15.7. The highest BCUT2D eigenvalue weighted by Gasteiger charge is 2.47. The summed E-state index contributed by atoms with van der Waals surface area (Å²) in [5, 5.41) is 2.40. The standard InChI is InChI=1S/C40H48NO/c1-24(2)31-21-41(11)34(18-26(31)4)36-25(3)16-17-28-30-19-29-27-14-12-13-15-32(27)40(22-38(5,6)7,23-39(8,9)10)33(29)20-35(30)42-37(28)36/h12-21,24H,22-23H2,1-11H3/q+1. The smallest absolute Gasteiger partial charge is 0.216 e. The fourth-order valence-electron chi connectivity index (χ4n) is 8.08. The van der Waals surface area contributed by atoms with Crippen LogP contribution >= 0.6 is 0 Å². The number of hydrogen-bond donors (Lipinski definition) is 0. The molecule has 218 valence electrons. The Kier molecular flexibility index (Phi) is 6.54. The summed E-state index contributed by atoms with van der Waals surface area (Å²) in [6, 6.07) is 20.9. The molecule has 0 spiro atoms. The molecule has 0 atom stereocenters. The molecule has 2 nitrogen and oxygen atoms in total. The van der Waals surface area contributed by atoms with Crippen molar-refractivity contribution in [3.05, 3.63) is 88.6 Å². The highest BCUT2D eigenvalue weighted by atomic mass is 16.3. The van der Waals surface area contributed by atoms with Crippen LogP contribution in [0.25, 0.3) is 44.3 Å². The topological polar surface area (TPSA) is 17.0 Å². The van der Waals surface area contributed by atoms with Crippen LogP contribution in [0.5, 0.6) is 0 Å². The minimum Gasteiger partial charge on any atom is -0.455 e. The van der Waals surface area contributed by atoms with Crippen LogP contribution in [-0.2, 0) is 12.5 Å². The van der Waals surface area contributed by atoms with Gasteiger partial charge in [0.05, 0.1) is 5.56 Å². The second-order valence-corrected chi connectivity index (χ2v) is 15.8. The predicted molar refractivity (Wildman–Crippen MR) is 178 cm³/mol. The second kappa shape index (κ2) is 9.56. The van der Waals surface area contributed by atoms with Gasteiger partial charge in [-0.3, -0.25) is 0 Å². The van der Waals surface area contributed by atoms with E-state index in [2.05, 4.69) is 142 Å². The maximum absolute atomic E-state index is 6.96. The van der Waals surface area contributed by atoms with Crippen molar-refractivity contribution >= 4 is 21.9 Å². The molecule has 0 N–H and O–H groups in total. The fourth-order valence-corrected chi connectivity index (χ4v) is 8.08. The van der Waals surface area contributed by atoms with Gasteiger partial charge in [0.15, 0.2) is 6.20 Å². The lowest BCUT2D eigenvalue weighted by atomic mass is 9.62. The quantitative estimate of drug-likeness (QED) is 0.201. The Morgan fingerprint density at radius 1 is 0.762 bits per heavy atom. The monoisotopic (exact) mass is 558 g/mol. The molecule has 0 amide bonds. The molecule has 0 unspecified atom stereocenters. The van der Waals surface area contributed by atoms with E-state index in [4.69, 9.17) is 4.42 Å². The average molecular weight is 559 g/mol. The molecule has 42 heavy (non-hydrogen) atoms. The van der Waals surface area contributed by atoms with Crippen LogP contribution in [0, 0.1) is 24.7 Å². The number of hydrogen-bond acceptors (Lipinski definition) is 1. The lowest BCUT2D eigenvalue weighted by Crippen LogP contribution is -2.35. The number of aromatic nitrogens is 1. The van der Waals surface area contributed by atoms with Gasteiger partial charge in [-0.1, -0.05) is 91.8 Å². The second-order valence-electron chi connectivity index (χ2n) is 15.8. The van der Waals surface area contributed by atoms with Crippen LogP contribution in [0.3, 0.4) is 0 Å². The van der Waals surface area contributed by atoms with Crippen molar-refractivity contribution < 1.29 is 8.98 Å². The largest absolute Gasteiger partial charge is 0.455 e. The van der Waals surface area contributed by atoms with E-state index in [0.717, 1.165) is 24.0 Å². The lowest BCUT2D eigenvalue weighted by Gasteiger charge is -2.42. The number of rotatable bonds is 4. The molecule has 1 aliphatic rings. The van der Waals surface area contributed by atoms with Gasteiger partial charge >= 0.3 is 0 Å². The van der Waals surface area contributed by atoms with Crippen molar-refractivity contribution in [3.8, 4) is 22.4 Å². The third-order valence-electron chi connectivity index (χ3n) is 9.30. The summed E-state index contributed by atoms with van der Waals surface area (Å²) < 4.78 is 9.24. The number of furan rings is 1. The third-order valence-corrected chi connectivity index (χ3v) is 9.30. The molecule has 3 aromatic carbocycles. The van der Waals surface area contributed by atoms with Crippen LogP contribution in [0.15, 0.2) is 65.2 Å². The molecule has 2 heterocycles. The Morgan fingerprint density at radius 2 is 1.43 bits per heavy atom. The van der Waals surface area contributed by atoms with E-state index in [-0.39, 0.29) is 16.2 Å². The van der Waals surface area contributed by atoms with Gasteiger partial charge in [-0.25, -0.2) is 4.57 Å². The molecule has 0 fully saturated rings. The molecule has 0 aliphatic heterocycles. The van der Waals surface area contributed by atoms with E-state index in [1.807, 2.05) is 0 Å². The van der Waals surface area contributed by atoms with Gasteiger partial charge in [-0.2, -0.15) is 0 Å². The Bertz CT molecular complexity index is 1840. The minimum atomic E-state index is -0.0649. The van der Waals surface area contributed by atoms with E-state index >= 15 is 0 Å². The van der Waals surface area contributed by atoms with Crippen molar-refractivity contribution in [1.82, 2.24) is 0 Å². The van der Waals surface area contributed by atoms with Crippen LogP contribution in [-0.4, -0.2) is 0 Å². The fraction of sp³-hybridized carbons (Fsp3) is 0.425. The summed E-state index contributed by atoms with van der Waals surface area (Å²) in [5.74, 6) is 0.486. The molecular formula is C40H48NO+. The predicted octanol–water partition coefficient (Wildman–Crippen LogP) is 11.0. The van der Waals surface area contributed by atoms with Crippen LogP contribution < -0.4 is 4.57 Å². The van der Waals surface area contributed by atoms with Gasteiger partial charge in [0, 0.05) is 27.8 Å². The molecule has 6 rings (SSSR count). The molecule has 0 saturated heterocycles. The lowest BCUT2D eigenvalue weighted by molar-refractivity contribution is -0.660. The SMILES string of the molecule is Cc1cc(-c2c(C)ccc3c2oc2cc4c(cc23)-c2ccccc2C4(CC(C)(C)C)CC(C)(C)C)[n+](C)cc1C(C)C. The zero-order chi connectivity index (χ0) is 30.4. The van der Waals surface area contributed by atoms with E-state index in [1.54, 1.807) is 0 Å². The van der Waals surface area contributed by atoms with Crippen molar-refractivity contribution in [3.63, 3.8) is 0 Å². The number of fused-ring (bicyclic) bond motifs is 6. The maximum Gasteiger partial charge on any atom is 0.216 e. The van der Waals surface area contributed by atoms with Gasteiger partial charge in [-0.05, 0) is 89.0 Å². The summed E-state index contributed by atoms with van der Waals surface area (Å²) in [6.45, 7) is 23.3. The zero-order valence-corrected chi connectivity index (χ0v) is 27.6. The molecule has 2 aromatic heterocycles. The van der Waals surface area contributed by atoms with Crippen molar-refractivity contribution in [1.29, 1.82) is 0 Å². The van der Waals surface area contributed by atoms with Crippen LogP contribution in [0.2, 0.25) is 0 Å². The van der Waals surface area contributed by atoms with E-state index in [1.165, 1.54) is 61.0 Å². The van der Waals surface area contributed by atoms with Crippen molar-refractivity contribution in [2.24, 2.45) is 17.9 Å². The summed E-state index contributed by atoms with van der Waals surface area (Å²) in [7, 11) is 2.17. The average Bonchev–Trinajstić information content (AvgIpc) is 3.35. The number of pyridine rings is 1. The van der Waals surface area contributed by atoms with Gasteiger partial charge in [0.1, 0.15) is 18.2 Å².